The van der Waals surface area contributed by atoms with E-state index in [-0.39, 0.29) is 17.9 Å². The summed E-state index contributed by atoms with van der Waals surface area (Å²) in [6.45, 7) is 0.724. The Morgan fingerprint density at radius 3 is 2.90 bits per heavy atom. The molecule has 1 aromatic carbocycles. The molecule has 1 aliphatic heterocycles. The first kappa shape index (κ1) is 14.4. The number of nitrogens with one attached hydrogen (secondary N) is 1. The summed E-state index contributed by atoms with van der Waals surface area (Å²) in [5, 5.41) is 2.87. The molecule has 5 nitrogen and oxygen atoms in total. The first-order valence-corrected chi connectivity index (χ1v) is 6.80. The van der Waals surface area contributed by atoms with E-state index in [0.717, 1.165) is 25.1 Å². The summed E-state index contributed by atoms with van der Waals surface area (Å²) in [5.41, 5.74) is 1.33. The van der Waals surface area contributed by atoms with Crippen molar-refractivity contribution in [2.24, 2.45) is 0 Å². The molecule has 0 aromatic heterocycles. The Bertz CT molecular complexity index is 502. The number of hydrogen-bond donors (Lipinski definition) is 1. The molecule has 1 saturated heterocycles. The van der Waals surface area contributed by atoms with Gasteiger partial charge in [-0.15, -0.1) is 0 Å². The number of anilines is 1. The molecule has 1 atom stereocenters. The molecular weight excluding hydrogens is 256 g/mol. The van der Waals surface area contributed by atoms with E-state index in [9.17, 15) is 9.59 Å². The lowest BCUT2D eigenvalue weighted by atomic mass is 10.0. The number of benzene rings is 1. The van der Waals surface area contributed by atoms with E-state index in [1.54, 1.807) is 6.07 Å². The van der Waals surface area contributed by atoms with Gasteiger partial charge in [-0.3, -0.25) is 4.79 Å². The van der Waals surface area contributed by atoms with Gasteiger partial charge in [-0.1, -0.05) is 12.1 Å². The third-order valence-electron chi connectivity index (χ3n) is 3.69. The first-order chi connectivity index (χ1) is 9.63. The van der Waals surface area contributed by atoms with Crippen molar-refractivity contribution < 1.29 is 14.3 Å². The van der Waals surface area contributed by atoms with Crippen molar-refractivity contribution in [3.8, 4) is 0 Å². The van der Waals surface area contributed by atoms with Crippen molar-refractivity contribution >= 4 is 17.6 Å². The molecule has 20 heavy (non-hydrogen) atoms. The highest BCUT2D eigenvalue weighted by atomic mass is 16.5. The van der Waals surface area contributed by atoms with Crippen LogP contribution in [-0.2, 0) is 9.53 Å². The average molecular weight is 276 g/mol. The van der Waals surface area contributed by atoms with Crippen molar-refractivity contribution in [2.45, 2.75) is 25.3 Å². The molecule has 108 valence electrons. The summed E-state index contributed by atoms with van der Waals surface area (Å²) >= 11 is 0. The monoisotopic (exact) mass is 276 g/mol. The summed E-state index contributed by atoms with van der Waals surface area (Å²) in [5.74, 6) is -0.291. The number of amides is 1. The lowest BCUT2D eigenvalue weighted by Crippen LogP contribution is -2.35. The van der Waals surface area contributed by atoms with Gasteiger partial charge >= 0.3 is 5.97 Å². The minimum Gasteiger partial charge on any atom is -0.465 e. The number of ether oxygens (including phenoxy) is 1. The molecule has 1 fully saturated rings. The molecule has 1 heterocycles. The van der Waals surface area contributed by atoms with Crippen molar-refractivity contribution in [2.75, 3.05) is 25.6 Å². The van der Waals surface area contributed by atoms with Crippen LogP contribution in [0.4, 0.5) is 5.69 Å². The molecule has 1 unspecified atom stereocenters. The maximum atomic E-state index is 11.8. The van der Waals surface area contributed by atoms with Crippen LogP contribution in [-0.4, -0.2) is 38.6 Å². The van der Waals surface area contributed by atoms with E-state index < -0.39 is 0 Å². The van der Waals surface area contributed by atoms with Crippen molar-refractivity contribution in [3.63, 3.8) is 0 Å². The van der Waals surface area contributed by atoms with Gasteiger partial charge in [0.1, 0.15) is 0 Å². The van der Waals surface area contributed by atoms with Crippen LogP contribution in [0.1, 0.15) is 29.6 Å². The van der Waals surface area contributed by atoms with E-state index in [1.807, 2.05) is 30.1 Å². The van der Waals surface area contributed by atoms with Gasteiger partial charge in [0.25, 0.3) is 0 Å². The first-order valence-electron chi connectivity index (χ1n) is 6.80. The lowest BCUT2D eigenvalue weighted by molar-refractivity contribution is -0.121. The van der Waals surface area contributed by atoms with Gasteiger partial charge in [-0.05, 0) is 25.0 Å². The standard InChI is InChI=1S/C15H20N2O3/c1-17(11-6-5-9-16-14(18)10-11)13-8-4-3-7-12(13)15(19)20-2/h3-4,7-8,11H,5-6,9-10H2,1-2H3,(H,16,18). The van der Waals surface area contributed by atoms with Gasteiger partial charge < -0.3 is 15.0 Å². The zero-order chi connectivity index (χ0) is 14.5. The van der Waals surface area contributed by atoms with Crippen LogP contribution in [0.2, 0.25) is 0 Å². The Balaban J connectivity index is 2.25. The summed E-state index contributed by atoms with van der Waals surface area (Å²) in [7, 11) is 3.29. The Labute approximate surface area is 118 Å². The third-order valence-corrected chi connectivity index (χ3v) is 3.69. The normalized spacial score (nSPS) is 18.9. The highest BCUT2D eigenvalue weighted by molar-refractivity contribution is 5.96. The topological polar surface area (TPSA) is 58.6 Å². The minimum absolute atomic E-state index is 0.0647. The Hall–Kier alpha value is -2.04. The number of nitrogens with zero attached hydrogens (tertiary/aromatic N) is 1. The van der Waals surface area contributed by atoms with Gasteiger partial charge in [0, 0.05) is 26.1 Å². The van der Waals surface area contributed by atoms with Crippen molar-refractivity contribution in [1.29, 1.82) is 0 Å². The maximum Gasteiger partial charge on any atom is 0.339 e. The molecular formula is C15H20N2O3. The van der Waals surface area contributed by atoms with E-state index in [2.05, 4.69) is 5.32 Å². The molecule has 0 bridgehead atoms. The third kappa shape index (κ3) is 3.10. The number of hydrogen-bond acceptors (Lipinski definition) is 4. The molecule has 0 aliphatic carbocycles. The molecule has 1 amide bonds. The lowest BCUT2D eigenvalue weighted by Gasteiger charge is -2.29. The fourth-order valence-corrected chi connectivity index (χ4v) is 2.54. The van der Waals surface area contributed by atoms with Gasteiger partial charge in [0.05, 0.1) is 18.4 Å². The summed E-state index contributed by atoms with van der Waals surface area (Å²) in [6, 6.07) is 7.42. The Morgan fingerprint density at radius 1 is 1.40 bits per heavy atom. The van der Waals surface area contributed by atoms with E-state index in [1.165, 1.54) is 7.11 Å². The Morgan fingerprint density at radius 2 is 2.15 bits per heavy atom. The number of para-hydroxylation sites is 1. The van der Waals surface area contributed by atoms with Crippen LogP contribution in [0.3, 0.4) is 0 Å². The molecule has 5 heteroatoms. The fraction of sp³-hybridized carbons (Fsp3) is 0.467. The van der Waals surface area contributed by atoms with Gasteiger partial charge in [-0.25, -0.2) is 4.79 Å². The van der Waals surface area contributed by atoms with Gasteiger partial charge in [0.2, 0.25) is 5.91 Å². The minimum atomic E-state index is -0.356. The van der Waals surface area contributed by atoms with Crippen LogP contribution in [0.15, 0.2) is 24.3 Å². The van der Waals surface area contributed by atoms with Crippen LogP contribution in [0.25, 0.3) is 0 Å². The molecule has 0 spiro atoms. The summed E-state index contributed by atoms with van der Waals surface area (Å²) in [4.78, 5) is 25.5. The molecule has 1 aromatic rings. The number of esters is 1. The quantitative estimate of drug-likeness (QED) is 0.852. The number of methoxy groups -OCH3 is 1. The van der Waals surface area contributed by atoms with Crippen molar-refractivity contribution in [1.82, 2.24) is 5.32 Å². The highest BCUT2D eigenvalue weighted by Gasteiger charge is 2.24. The van der Waals surface area contributed by atoms with Crippen LogP contribution in [0.5, 0.6) is 0 Å². The van der Waals surface area contributed by atoms with Crippen molar-refractivity contribution in [3.05, 3.63) is 29.8 Å². The largest absolute Gasteiger partial charge is 0.465 e. The molecule has 2 rings (SSSR count). The van der Waals surface area contributed by atoms with Crippen LogP contribution >= 0.6 is 0 Å². The van der Waals surface area contributed by atoms with Crippen LogP contribution in [0, 0.1) is 0 Å². The van der Waals surface area contributed by atoms with E-state index in [4.69, 9.17) is 4.74 Å². The predicted molar refractivity (Wildman–Crippen MR) is 76.8 cm³/mol. The molecule has 1 N–H and O–H groups in total. The fourth-order valence-electron chi connectivity index (χ4n) is 2.54. The van der Waals surface area contributed by atoms with E-state index >= 15 is 0 Å². The maximum absolute atomic E-state index is 11.8. The number of carbonyl (C=O) groups is 2. The van der Waals surface area contributed by atoms with Gasteiger partial charge in [0.15, 0.2) is 0 Å². The number of rotatable bonds is 3. The summed E-state index contributed by atoms with van der Waals surface area (Å²) in [6.07, 6.45) is 2.32. The second-order valence-corrected chi connectivity index (χ2v) is 4.97. The number of carbonyl (C=O) groups excluding carboxylic acids is 2. The average Bonchev–Trinajstić information content (AvgIpc) is 2.70. The molecule has 1 aliphatic rings. The molecule has 0 saturated carbocycles. The highest BCUT2D eigenvalue weighted by Crippen LogP contribution is 2.25. The SMILES string of the molecule is COC(=O)c1ccccc1N(C)C1CCCNC(=O)C1. The predicted octanol–water partition coefficient (Wildman–Crippen LogP) is 1.58. The smallest absolute Gasteiger partial charge is 0.339 e. The molecule has 0 radical (unpaired) electrons. The second kappa shape index (κ2) is 6.41. The second-order valence-electron chi connectivity index (χ2n) is 4.97. The van der Waals surface area contributed by atoms with Gasteiger partial charge in [-0.2, -0.15) is 0 Å². The van der Waals surface area contributed by atoms with E-state index in [0.29, 0.717) is 12.0 Å². The zero-order valence-electron chi connectivity index (χ0n) is 11.9. The zero-order valence-corrected chi connectivity index (χ0v) is 11.9. The summed E-state index contributed by atoms with van der Waals surface area (Å²) < 4.78 is 4.82. The van der Waals surface area contributed by atoms with Crippen LogP contribution < -0.4 is 10.2 Å². The Kier molecular flexibility index (Phi) is 4.61.